The lowest BCUT2D eigenvalue weighted by Gasteiger charge is -2.38. The second-order valence-electron chi connectivity index (χ2n) is 7.44. The number of hydrogen-bond acceptors (Lipinski definition) is 4. The molecular weight excluding hydrogens is 439 g/mol. The summed E-state index contributed by atoms with van der Waals surface area (Å²) in [7, 11) is 0. The maximum absolute atomic E-state index is 14.7. The van der Waals surface area contributed by atoms with Crippen molar-refractivity contribution in [1.82, 2.24) is 9.47 Å². The monoisotopic (exact) mass is 458 g/mol. The Hall–Kier alpha value is -3.24. The number of piperidine rings is 1. The van der Waals surface area contributed by atoms with Gasteiger partial charge in [-0.15, -0.1) is 0 Å². The van der Waals surface area contributed by atoms with Crippen LogP contribution < -0.4 is 5.56 Å². The van der Waals surface area contributed by atoms with Crippen molar-refractivity contribution in [2.24, 2.45) is 0 Å². The maximum atomic E-state index is 14.7. The maximum Gasteiger partial charge on any atom is 0.410 e. The van der Waals surface area contributed by atoms with Gasteiger partial charge in [-0.2, -0.15) is 13.2 Å². The molecule has 32 heavy (non-hydrogen) atoms. The first-order chi connectivity index (χ1) is 15.0. The Balaban J connectivity index is 1.85. The third-order valence-corrected chi connectivity index (χ3v) is 5.11. The highest BCUT2D eigenvalue weighted by molar-refractivity contribution is 5.74. The molecule has 0 aliphatic carbocycles. The van der Waals surface area contributed by atoms with Crippen LogP contribution in [-0.2, 0) is 17.9 Å². The highest BCUT2D eigenvalue weighted by Crippen LogP contribution is 2.40. The van der Waals surface area contributed by atoms with Gasteiger partial charge in [0.2, 0.25) is 0 Å². The van der Waals surface area contributed by atoms with Crippen LogP contribution in [0.4, 0.5) is 26.7 Å². The fourth-order valence-electron chi connectivity index (χ4n) is 3.50. The highest BCUT2D eigenvalue weighted by atomic mass is 19.4. The number of ether oxygens (including phenoxy) is 1. The second kappa shape index (κ2) is 9.09. The van der Waals surface area contributed by atoms with Crippen LogP contribution in [0.25, 0.3) is 0 Å². The summed E-state index contributed by atoms with van der Waals surface area (Å²) in [5, 5.41) is 0. The zero-order valence-corrected chi connectivity index (χ0v) is 16.6. The average Bonchev–Trinajstić information content (AvgIpc) is 2.73. The van der Waals surface area contributed by atoms with E-state index in [1.54, 1.807) is 30.3 Å². The van der Waals surface area contributed by atoms with Crippen molar-refractivity contribution in [2.75, 3.05) is 13.1 Å². The minimum atomic E-state index is -4.80. The number of amides is 1. The number of nitrogens with zero attached hydrogens (tertiary/aromatic N) is 2. The normalized spacial score (nSPS) is 18.3. The first kappa shape index (κ1) is 23.4. The van der Waals surface area contributed by atoms with E-state index < -0.39 is 54.7 Å². The molecule has 2 aromatic rings. The van der Waals surface area contributed by atoms with Crippen LogP contribution in [0.15, 0.2) is 47.4 Å². The van der Waals surface area contributed by atoms with Gasteiger partial charge in [-0.1, -0.05) is 30.3 Å². The topological polar surface area (TPSA) is 68.6 Å². The third-order valence-electron chi connectivity index (χ3n) is 5.11. The van der Waals surface area contributed by atoms with Crippen molar-refractivity contribution in [2.45, 2.75) is 37.6 Å². The van der Waals surface area contributed by atoms with Crippen LogP contribution in [0.5, 0.6) is 0 Å². The van der Waals surface area contributed by atoms with E-state index in [9.17, 15) is 36.3 Å². The molecule has 2 heterocycles. The molecule has 1 aliphatic rings. The number of hydrogen-bond donors (Lipinski definition) is 0. The van der Waals surface area contributed by atoms with Gasteiger partial charge < -0.3 is 14.2 Å². The molecule has 1 saturated heterocycles. The number of likely N-dealkylation sites (tertiary alicyclic amines) is 1. The molecule has 1 aliphatic heterocycles. The van der Waals surface area contributed by atoms with Crippen LogP contribution in [0.2, 0.25) is 0 Å². The molecule has 0 bridgehead atoms. The molecule has 172 valence electrons. The fraction of sp³-hybridized carbons (Fsp3) is 0.381. The summed E-state index contributed by atoms with van der Waals surface area (Å²) < 4.78 is 73.1. The summed E-state index contributed by atoms with van der Waals surface area (Å²) in [6.07, 6.45) is -5.72. The van der Waals surface area contributed by atoms with Gasteiger partial charge in [-0.25, -0.2) is 13.6 Å². The number of rotatable bonds is 5. The van der Waals surface area contributed by atoms with Crippen molar-refractivity contribution < 1.29 is 36.3 Å². The molecule has 6 nitrogen and oxygen atoms in total. The average molecular weight is 458 g/mol. The number of carbonyl (C=O) groups excluding carboxylic acids is 2. The Morgan fingerprint density at radius 2 is 1.91 bits per heavy atom. The van der Waals surface area contributed by atoms with Crippen molar-refractivity contribution >= 4 is 12.4 Å². The minimum absolute atomic E-state index is 0.0194. The van der Waals surface area contributed by atoms with E-state index >= 15 is 0 Å². The zero-order chi connectivity index (χ0) is 23.5. The van der Waals surface area contributed by atoms with Crippen LogP contribution in [0.1, 0.15) is 33.8 Å². The lowest BCUT2D eigenvalue weighted by molar-refractivity contribution is -0.141. The molecule has 1 atom stereocenters. The highest BCUT2D eigenvalue weighted by Gasteiger charge is 2.47. The van der Waals surface area contributed by atoms with Crippen LogP contribution in [0, 0.1) is 0 Å². The smallest absolute Gasteiger partial charge is 0.410 e. The molecule has 0 saturated carbocycles. The van der Waals surface area contributed by atoms with Gasteiger partial charge in [0.25, 0.3) is 11.5 Å². The Labute approximate surface area is 179 Å². The summed E-state index contributed by atoms with van der Waals surface area (Å²) in [4.78, 5) is 36.6. The standard InChI is InChI=1S/C21H19F5N2O4/c22-20(23)6-7-27(19(31)32-12-14-4-2-1-3-5-14)10-17(20)15-8-16(11-29)18(30)28(9-15)13-21(24,25)26/h1-5,8-9,11,17H,6-7,10,12-13H2. The molecule has 11 heteroatoms. The van der Waals surface area contributed by atoms with Gasteiger partial charge in [0, 0.05) is 25.7 Å². The van der Waals surface area contributed by atoms with E-state index in [-0.39, 0.29) is 29.6 Å². The third kappa shape index (κ3) is 5.51. The Morgan fingerprint density at radius 3 is 2.53 bits per heavy atom. The van der Waals surface area contributed by atoms with Crippen molar-refractivity contribution in [3.05, 3.63) is 69.6 Å². The van der Waals surface area contributed by atoms with Gasteiger partial charge in [0.1, 0.15) is 13.2 Å². The molecule has 0 spiro atoms. The SMILES string of the molecule is O=Cc1cc(C2CN(C(=O)OCc3ccccc3)CCC2(F)F)cn(CC(F)(F)F)c1=O. The fourth-order valence-corrected chi connectivity index (χ4v) is 3.50. The Morgan fingerprint density at radius 1 is 1.22 bits per heavy atom. The van der Waals surface area contributed by atoms with E-state index in [1.165, 1.54) is 0 Å². The van der Waals surface area contributed by atoms with E-state index in [2.05, 4.69) is 0 Å². The molecule has 1 aromatic heterocycles. The van der Waals surface area contributed by atoms with E-state index in [1.807, 2.05) is 0 Å². The Kier molecular flexibility index (Phi) is 6.65. The van der Waals surface area contributed by atoms with Gasteiger partial charge in [-0.05, 0) is 17.2 Å². The number of aromatic nitrogens is 1. The number of benzene rings is 1. The van der Waals surface area contributed by atoms with Gasteiger partial charge in [0.05, 0.1) is 11.5 Å². The van der Waals surface area contributed by atoms with Gasteiger partial charge >= 0.3 is 12.3 Å². The zero-order valence-electron chi connectivity index (χ0n) is 16.6. The van der Waals surface area contributed by atoms with E-state index in [4.69, 9.17) is 4.74 Å². The van der Waals surface area contributed by atoms with Gasteiger partial charge in [0.15, 0.2) is 6.29 Å². The molecule has 1 unspecified atom stereocenters. The molecular formula is C21H19F5N2O4. The van der Waals surface area contributed by atoms with E-state index in [0.717, 1.165) is 11.0 Å². The summed E-state index contributed by atoms with van der Waals surface area (Å²) in [5.74, 6) is -5.10. The lowest BCUT2D eigenvalue weighted by atomic mass is 9.87. The number of carbonyl (C=O) groups is 2. The summed E-state index contributed by atoms with van der Waals surface area (Å²) in [5.41, 5.74) is -1.57. The number of alkyl halides is 5. The van der Waals surface area contributed by atoms with Crippen LogP contribution >= 0.6 is 0 Å². The first-order valence-electron chi connectivity index (χ1n) is 9.60. The molecule has 1 fully saturated rings. The Bertz CT molecular complexity index is 1040. The summed E-state index contributed by atoms with van der Waals surface area (Å²) in [6.45, 7) is -2.69. The molecule has 0 N–H and O–H groups in total. The van der Waals surface area contributed by atoms with E-state index in [0.29, 0.717) is 11.8 Å². The van der Waals surface area contributed by atoms with Crippen molar-refractivity contribution in [3.63, 3.8) is 0 Å². The van der Waals surface area contributed by atoms with Crippen LogP contribution in [0.3, 0.4) is 0 Å². The summed E-state index contributed by atoms with van der Waals surface area (Å²) >= 11 is 0. The van der Waals surface area contributed by atoms with Gasteiger partial charge in [-0.3, -0.25) is 9.59 Å². The predicted molar refractivity (Wildman–Crippen MR) is 103 cm³/mol. The molecule has 0 radical (unpaired) electrons. The van der Waals surface area contributed by atoms with Crippen molar-refractivity contribution in [1.29, 1.82) is 0 Å². The first-order valence-corrected chi connectivity index (χ1v) is 9.60. The minimum Gasteiger partial charge on any atom is -0.445 e. The molecule has 1 amide bonds. The molecule has 3 rings (SSSR count). The predicted octanol–water partition coefficient (Wildman–Crippen LogP) is 3.98. The lowest BCUT2D eigenvalue weighted by Crippen LogP contribution is -2.48. The number of pyridine rings is 1. The second-order valence-corrected chi connectivity index (χ2v) is 7.44. The quantitative estimate of drug-likeness (QED) is 0.502. The largest absolute Gasteiger partial charge is 0.445 e. The van der Waals surface area contributed by atoms with Crippen molar-refractivity contribution in [3.8, 4) is 0 Å². The number of aldehydes is 1. The summed E-state index contributed by atoms with van der Waals surface area (Å²) in [6, 6.07) is 9.52. The number of halogens is 5. The molecule has 1 aromatic carbocycles. The van der Waals surface area contributed by atoms with Crippen LogP contribution in [-0.4, -0.2) is 47.0 Å².